The van der Waals surface area contributed by atoms with Gasteiger partial charge in [-0.25, -0.2) is 9.97 Å². The summed E-state index contributed by atoms with van der Waals surface area (Å²) in [6.45, 7) is 3.98. The van der Waals surface area contributed by atoms with Crippen molar-refractivity contribution in [2.24, 2.45) is 0 Å². The van der Waals surface area contributed by atoms with Crippen LogP contribution in [0.15, 0.2) is 42.9 Å². The summed E-state index contributed by atoms with van der Waals surface area (Å²) < 4.78 is 0. The Morgan fingerprint density at radius 2 is 1.94 bits per heavy atom. The Morgan fingerprint density at radius 1 is 1.17 bits per heavy atom. The quantitative estimate of drug-likeness (QED) is 0.818. The average molecular weight is 242 g/mol. The average Bonchev–Trinajstić information content (AvgIpc) is 2.42. The Hall–Kier alpha value is -2.10. The Morgan fingerprint density at radius 3 is 2.56 bits per heavy atom. The van der Waals surface area contributed by atoms with Gasteiger partial charge < -0.3 is 10.6 Å². The maximum absolute atomic E-state index is 5.69. The van der Waals surface area contributed by atoms with Crippen molar-refractivity contribution in [1.82, 2.24) is 9.97 Å². The van der Waals surface area contributed by atoms with Crippen LogP contribution in [0.5, 0.6) is 0 Å². The second-order valence-electron chi connectivity index (χ2n) is 4.23. The Bertz CT molecular complexity index is 467. The number of aromatic nitrogens is 2. The van der Waals surface area contributed by atoms with Gasteiger partial charge in [-0.15, -0.1) is 0 Å². The van der Waals surface area contributed by atoms with Gasteiger partial charge in [-0.05, 0) is 30.2 Å². The first-order valence-electron chi connectivity index (χ1n) is 6.15. The molecule has 0 atom stereocenters. The van der Waals surface area contributed by atoms with Crippen LogP contribution in [0.1, 0.15) is 18.9 Å². The molecule has 2 N–H and O–H groups in total. The molecule has 0 saturated heterocycles. The lowest BCUT2D eigenvalue weighted by molar-refractivity contribution is 0.752. The van der Waals surface area contributed by atoms with E-state index >= 15 is 0 Å². The lowest BCUT2D eigenvalue weighted by atomic mass is 10.2. The highest BCUT2D eigenvalue weighted by atomic mass is 15.2. The Kier molecular flexibility index (Phi) is 4.12. The summed E-state index contributed by atoms with van der Waals surface area (Å²) in [6.07, 6.45) is 4.44. The molecule has 0 fully saturated rings. The smallest absolute Gasteiger partial charge is 0.132 e. The molecule has 1 aromatic carbocycles. The van der Waals surface area contributed by atoms with E-state index in [0.717, 1.165) is 31.0 Å². The molecule has 18 heavy (non-hydrogen) atoms. The van der Waals surface area contributed by atoms with Crippen LogP contribution in [0.4, 0.5) is 11.5 Å². The lowest BCUT2D eigenvalue weighted by Crippen LogP contribution is -2.24. The van der Waals surface area contributed by atoms with Gasteiger partial charge in [-0.3, -0.25) is 0 Å². The van der Waals surface area contributed by atoms with E-state index in [1.165, 1.54) is 5.56 Å². The molecule has 4 nitrogen and oxygen atoms in total. The number of hydrogen-bond acceptors (Lipinski definition) is 4. The molecule has 0 aliphatic heterocycles. The minimum absolute atomic E-state index is 0.794. The number of hydrogen-bond donors (Lipinski definition) is 1. The van der Waals surface area contributed by atoms with Crippen LogP contribution in [0, 0.1) is 0 Å². The van der Waals surface area contributed by atoms with Gasteiger partial charge in [0.1, 0.15) is 12.1 Å². The lowest BCUT2D eigenvalue weighted by Gasteiger charge is -2.23. The first-order chi connectivity index (χ1) is 8.79. The summed E-state index contributed by atoms with van der Waals surface area (Å²) in [5, 5.41) is 0. The Labute approximate surface area is 107 Å². The second kappa shape index (κ2) is 6.00. The number of nitrogen functional groups attached to an aromatic ring is 1. The summed E-state index contributed by atoms with van der Waals surface area (Å²) in [5.74, 6) is 0.962. The van der Waals surface area contributed by atoms with Gasteiger partial charge in [0.25, 0.3) is 0 Å². The number of rotatable bonds is 5. The molecule has 1 aromatic heterocycles. The third-order valence-corrected chi connectivity index (χ3v) is 2.74. The molecule has 1 heterocycles. The van der Waals surface area contributed by atoms with E-state index in [0.29, 0.717) is 0 Å². The highest BCUT2D eigenvalue weighted by Gasteiger charge is 2.07. The molecule has 0 radical (unpaired) electrons. The largest absolute Gasteiger partial charge is 0.399 e. The predicted octanol–water partition coefficient (Wildman–Crippen LogP) is 2.48. The van der Waals surface area contributed by atoms with Crippen molar-refractivity contribution in [3.05, 3.63) is 48.4 Å². The molecular weight excluding hydrogens is 224 g/mol. The Balaban J connectivity index is 2.14. The van der Waals surface area contributed by atoms with Crippen molar-refractivity contribution in [2.75, 3.05) is 17.2 Å². The van der Waals surface area contributed by atoms with Gasteiger partial charge in [-0.2, -0.15) is 0 Å². The van der Waals surface area contributed by atoms with Crippen molar-refractivity contribution in [1.29, 1.82) is 0 Å². The highest BCUT2D eigenvalue weighted by molar-refractivity contribution is 5.42. The van der Waals surface area contributed by atoms with Crippen LogP contribution in [-0.4, -0.2) is 16.5 Å². The fourth-order valence-corrected chi connectivity index (χ4v) is 1.86. The molecule has 0 bridgehead atoms. The van der Waals surface area contributed by atoms with Gasteiger partial charge in [-0.1, -0.05) is 19.1 Å². The fourth-order valence-electron chi connectivity index (χ4n) is 1.86. The number of nitrogens with zero attached hydrogens (tertiary/aromatic N) is 3. The van der Waals surface area contributed by atoms with E-state index < -0.39 is 0 Å². The molecule has 0 spiro atoms. The van der Waals surface area contributed by atoms with Crippen molar-refractivity contribution < 1.29 is 0 Å². The summed E-state index contributed by atoms with van der Waals surface area (Å²) in [4.78, 5) is 10.5. The van der Waals surface area contributed by atoms with Crippen LogP contribution in [0.25, 0.3) is 0 Å². The van der Waals surface area contributed by atoms with Crippen molar-refractivity contribution in [3.8, 4) is 0 Å². The van der Waals surface area contributed by atoms with Crippen LogP contribution in [0.3, 0.4) is 0 Å². The van der Waals surface area contributed by atoms with Crippen LogP contribution >= 0.6 is 0 Å². The summed E-state index contributed by atoms with van der Waals surface area (Å²) in [6, 6.07) is 9.91. The normalized spacial score (nSPS) is 10.3. The van der Waals surface area contributed by atoms with Crippen LogP contribution in [-0.2, 0) is 6.54 Å². The van der Waals surface area contributed by atoms with Crippen molar-refractivity contribution >= 4 is 11.5 Å². The molecule has 94 valence electrons. The van der Waals surface area contributed by atoms with Crippen LogP contribution in [0.2, 0.25) is 0 Å². The van der Waals surface area contributed by atoms with E-state index in [-0.39, 0.29) is 0 Å². The number of anilines is 2. The first-order valence-corrected chi connectivity index (χ1v) is 6.15. The maximum atomic E-state index is 5.69. The summed E-state index contributed by atoms with van der Waals surface area (Å²) in [7, 11) is 0. The number of benzene rings is 1. The monoisotopic (exact) mass is 242 g/mol. The van der Waals surface area contributed by atoms with E-state index in [1.54, 1.807) is 12.5 Å². The minimum atomic E-state index is 0.794. The standard InChI is InChI=1S/C14H18N4/c1-2-9-18(14-7-8-16-11-17-14)10-12-3-5-13(15)6-4-12/h3-8,11H,2,9-10,15H2,1H3. The van der Waals surface area contributed by atoms with E-state index in [9.17, 15) is 0 Å². The topological polar surface area (TPSA) is 55.0 Å². The van der Waals surface area contributed by atoms with Crippen molar-refractivity contribution in [2.45, 2.75) is 19.9 Å². The third-order valence-electron chi connectivity index (χ3n) is 2.74. The first kappa shape index (κ1) is 12.4. The molecular formula is C14H18N4. The maximum Gasteiger partial charge on any atom is 0.132 e. The molecule has 2 rings (SSSR count). The fraction of sp³-hybridized carbons (Fsp3) is 0.286. The van der Waals surface area contributed by atoms with Gasteiger partial charge >= 0.3 is 0 Å². The highest BCUT2D eigenvalue weighted by Crippen LogP contribution is 2.14. The summed E-state index contributed by atoms with van der Waals surface area (Å²) >= 11 is 0. The van der Waals surface area contributed by atoms with Gasteiger partial charge in [0.15, 0.2) is 0 Å². The van der Waals surface area contributed by atoms with Gasteiger partial charge in [0.05, 0.1) is 0 Å². The zero-order chi connectivity index (χ0) is 12.8. The molecule has 0 aliphatic rings. The molecule has 2 aromatic rings. The van der Waals surface area contributed by atoms with E-state index in [4.69, 9.17) is 5.73 Å². The van der Waals surface area contributed by atoms with E-state index in [2.05, 4.69) is 33.9 Å². The molecule has 0 saturated carbocycles. The SMILES string of the molecule is CCCN(Cc1ccc(N)cc1)c1ccncn1. The molecule has 0 aliphatic carbocycles. The van der Waals surface area contributed by atoms with Gasteiger partial charge in [0.2, 0.25) is 0 Å². The zero-order valence-electron chi connectivity index (χ0n) is 10.6. The van der Waals surface area contributed by atoms with Gasteiger partial charge in [0, 0.05) is 25.0 Å². The zero-order valence-corrected chi connectivity index (χ0v) is 10.6. The second-order valence-corrected chi connectivity index (χ2v) is 4.23. The summed E-state index contributed by atoms with van der Waals surface area (Å²) in [5.41, 5.74) is 7.72. The van der Waals surface area contributed by atoms with Crippen LogP contribution < -0.4 is 10.6 Å². The molecule has 0 unspecified atom stereocenters. The predicted molar refractivity (Wildman–Crippen MR) is 74.2 cm³/mol. The molecule has 4 heteroatoms. The third kappa shape index (κ3) is 3.20. The van der Waals surface area contributed by atoms with Crippen molar-refractivity contribution in [3.63, 3.8) is 0 Å². The minimum Gasteiger partial charge on any atom is -0.399 e. The van der Waals surface area contributed by atoms with E-state index in [1.807, 2.05) is 18.2 Å². The molecule has 0 amide bonds. The number of nitrogens with two attached hydrogens (primary N) is 1.